The number of nitrogens with zero attached hydrogens (tertiary/aromatic N) is 1. The van der Waals surface area contributed by atoms with E-state index in [1.165, 1.54) is 0 Å². The average molecular weight is 253 g/mol. The maximum Gasteiger partial charge on any atom is 0.145 e. The van der Waals surface area contributed by atoms with Crippen LogP contribution in [0.4, 0.5) is 0 Å². The average Bonchev–Trinajstić information content (AvgIpc) is 2.41. The summed E-state index contributed by atoms with van der Waals surface area (Å²) in [4.78, 5) is 0. The number of ether oxygens (including phenoxy) is 2. The van der Waals surface area contributed by atoms with E-state index < -0.39 is 0 Å². The summed E-state index contributed by atoms with van der Waals surface area (Å²) >= 11 is 0. The Morgan fingerprint density at radius 3 is 2.63 bits per heavy atom. The van der Waals surface area contributed by atoms with Crippen LogP contribution < -0.4 is 9.47 Å². The molecule has 0 saturated heterocycles. The third-order valence-electron chi connectivity index (χ3n) is 2.60. The molecule has 19 heavy (non-hydrogen) atoms. The van der Waals surface area contributed by atoms with Crippen LogP contribution in [-0.4, -0.2) is 6.61 Å². The van der Waals surface area contributed by atoms with Crippen LogP contribution in [0, 0.1) is 18.3 Å². The lowest BCUT2D eigenvalue weighted by Gasteiger charge is -2.09. The normalized spacial score (nSPS) is 9.74. The molecule has 0 radical (unpaired) electrons. The lowest BCUT2D eigenvalue weighted by molar-refractivity contribution is 0.338. The largest absolute Gasteiger partial charge is 0.494 e. The van der Waals surface area contributed by atoms with Gasteiger partial charge in [0.15, 0.2) is 0 Å². The second-order valence-electron chi connectivity index (χ2n) is 4.12. The second kappa shape index (κ2) is 5.92. The molecule has 0 fully saturated rings. The molecule has 0 aromatic heterocycles. The van der Waals surface area contributed by atoms with E-state index in [-0.39, 0.29) is 0 Å². The van der Waals surface area contributed by atoms with Gasteiger partial charge in [-0.3, -0.25) is 0 Å². The summed E-state index contributed by atoms with van der Waals surface area (Å²) in [6.07, 6.45) is 0. The predicted octanol–water partition coefficient (Wildman–Crippen LogP) is 4.06. The topological polar surface area (TPSA) is 42.2 Å². The molecule has 2 aromatic rings. The third kappa shape index (κ3) is 3.26. The van der Waals surface area contributed by atoms with E-state index in [1.807, 2.05) is 50.2 Å². The fourth-order valence-corrected chi connectivity index (χ4v) is 1.74. The number of nitriles is 1. The first-order chi connectivity index (χ1) is 9.22. The quantitative estimate of drug-likeness (QED) is 0.825. The number of rotatable bonds is 4. The van der Waals surface area contributed by atoms with Gasteiger partial charge in [-0.1, -0.05) is 12.1 Å². The fourth-order valence-electron chi connectivity index (χ4n) is 1.74. The van der Waals surface area contributed by atoms with E-state index in [2.05, 4.69) is 6.07 Å². The maximum atomic E-state index is 9.11. The van der Waals surface area contributed by atoms with Gasteiger partial charge in [0.2, 0.25) is 0 Å². The zero-order chi connectivity index (χ0) is 13.7. The van der Waals surface area contributed by atoms with Gasteiger partial charge in [0, 0.05) is 6.07 Å². The molecule has 0 N–H and O–H groups in total. The van der Waals surface area contributed by atoms with E-state index in [0.29, 0.717) is 23.7 Å². The van der Waals surface area contributed by atoms with Gasteiger partial charge in [-0.05, 0) is 43.7 Å². The Morgan fingerprint density at radius 1 is 1.11 bits per heavy atom. The highest BCUT2D eigenvalue weighted by atomic mass is 16.5. The van der Waals surface area contributed by atoms with Gasteiger partial charge in [0.05, 0.1) is 12.2 Å². The number of benzene rings is 2. The van der Waals surface area contributed by atoms with Crippen molar-refractivity contribution in [2.24, 2.45) is 0 Å². The van der Waals surface area contributed by atoms with Gasteiger partial charge < -0.3 is 9.47 Å². The summed E-state index contributed by atoms with van der Waals surface area (Å²) in [5.41, 5.74) is 1.56. The van der Waals surface area contributed by atoms with Crippen molar-refractivity contribution >= 4 is 0 Å². The first-order valence-electron chi connectivity index (χ1n) is 6.14. The molecule has 0 spiro atoms. The monoisotopic (exact) mass is 253 g/mol. The first kappa shape index (κ1) is 13.0. The smallest absolute Gasteiger partial charge is 0.145 e. The number of hydrogen-bond donors (Lipinski definition) is 0. The van der Waals surface area contributed by atoms with Crippen LogP contribution in [-0.2, 0) is 0 Å². The summed E-state index contributed by atoms with van der Waals surface area (Å²) in [5.74, 6) is 1.97. The van der Waals surface area contributed by atoms with Crippen molar-refractivity contribution in [1.29, 1.82) is 5.26 Å². The molecule has 0 bridgehead atoms. The molecular formula is C16H15NO2. The summed E-state index contributed by atoms with van der Waals surface area (Å²) in [6.45, 7) is 4.49. The molecule has 0 aliphatic rings. The molecule has 2 rings (SSSR count). The Bertz CT molecular complexity index is 614. The van der Waals surface area contributed by atoms with Crippen LogP contribution in [0.25, 0.3) is 0 Å². The maximum absolute atomic E-state index is 9.11. The van der Waals surface area contributed by atoms with Crippen molar-refractivity contribution in [3.8, 4) is 23.3 Å². The minimum atomic E-state index is 0.529. The molecule has 3 nitrogen and oxygen atoms in total. The lowest BCUT2D eigenvalue weighted by atomic mass is 10.1. The number of hydrogen-bond acceptors (Lipinski definition) is 3. The number of aryl methyl sites for hydroxylation is 1. The molecule has 2 aromatic carbocycles. The first-order valence-corrected chi connectivity index (χ1v) is 6.14. The molecular weight excluding hydrogens is 238 g/mol. The molecule has 96 valence electrons. The Labute approximate surface area is 113 Å². The molecule has 0 aliphatic carbocycles. The van der Waals surface area contributed by atoms with Crippen LogP contribution in [0.2, 0.25) is 0 Å². The molecule has 0 unspecified atom stereocenters. The van der Waals surface area contributed by atoms with E-state index in [4.69, 9.17) is 14.7 Å². The van der Waals surface area contributed by atoms with E-state index in [9.17, 15) is 0 Å². The Morgan fingerprint density at radius 2 is 1.89 bits per heavy atom. The molecule has 0 heterocycles. The Balaban J connectivity index is 2.26. The molecule has 0 amide bonds. The highest BCUT2D eigenvalue weighted by Crippen LogP contribution is 2.28. The van der Waals surface area contributed by atoms with Gasteiger partial charge >= 0.3 is 0 Å². The van der Waals surface area contributed by atoms with Crippen LogP contribution >= 0.6 is 0 Å². The molecule has 0 atom stereocenters. The van der Waals surface area contributed by atoms with Crippen LogP contribution in [0.5, 0.6) is 17.2 Å². The molecule has 0 saturated carbocycles. The van der Waals surface area contributed by atoms with Gasteiger partial charge in [-0.25, -0.2) is 0 Å². The van der Waals surface area contributed by atoms with Crippen LogP contribution in [0.15, 0.2) is 42.5 Å². The standard InChI is InChI=1S/C16H15NO2/c1-3-18-14-5-4-6-15(10-14)19-16-8-7-12(2)9-13(16)11-17/h4-10H,3H2,1-2H3. The van der Waals surface area contributed by atoms with Gasteiger partial charge in [0.1, 0.15) is 23.3 Å². The van der Waals surface area contributed by atoms with Crippen molar-refractivity contribution in [1.82, 2.24) is 0 Å². The highest BCUT2D eigenvalue weighted by Gasteiger charge is 2.05. The zero-order valence-corrected chi connectivity index (χ0v) is 11.0. The third-order valence-corrected chi connectivity index (χ3v) is 2.60. The Hall–Kier alpha value is -2.47. The van der Waals surface area contributed by atoms with Crippen LogP contribution in [0.3, 0.4) is 0 Å². The highest BCUT2D eigenvalue weighted by molar-refractivity contribution is 5.47. The van der Waals surface area contributed by atoms with Gasteiger partial charge in [0.25, 0.3) is 0 Å². The second-order valence-corrected chi connectivity index (χ2v) is 4.12. The zero-order valence-electron chi connectivity index (χ0n) is 11.0. The van der Waals surface area contributed by atoms with Gasteiger partial charge in [-0.15, -0.1) is 0 Å². The van der Waals surface area contributed by atoms with E-state index in [0.717, 1.165) is 11.3 Å². The van der Waals surface area contributed by atoms with Crippen molar-refractivity contribution in [2.75, 3.05) is 6.61 Å². The fraction of sp³-hybridized carbons (Fsp3) is 0.188. The summed E-state index contributed by atoms with van der Waals surface area (Å²) in [7, 11) is 0. The minimum Gasteiger partial charge on any atom is -0.494 e. The SMILES string of the molecule is CCOc1cccc(Oc2ccc(C)cc2C#N)c1. The predicted molar refractivity (Wildman–Crippen MR) is 73.6 cm³/mol. The van der Waals surface area contributed by atoms with E-state index in [1.54, 1.807) is 6.07 Å². The van der Waals surface area contributed by atoms with Crippen LogP contribution in [0.1, 0.15) is 18.1 Å². The van der Waals surface area contributed by atoms with Crippen molar-refractivity contribution in [3.05, 3.63) is 53.6 Å². The summed E-state index contributed by atoms with van der Waals surface area (Å²) in [6, 6.07) is 15.1. The van der Waals surface area contributed by atoms with Crippen molar-refractivity contribution in [2.45, 2.75) is 13.8 Å². The minimum absolute atomic E-state index is 0.529. The van der Waals surface area contributed by atoms with Gasteiger partial charge in [-0.2, -0.15) is 5.26 Å². The Kier molecular flexibility index (Phi) is 4.04. The van der Waals surface area contributed by atoms with Crippen molar-refractivity contribution < 1.29 is 9.47 Å². The molecule has 3 heteroatoms. The summed E-state index contributed by atoms with van der Waals surface area (Å²) in [5, 5.41) is 9.11. The molecule has 0 aliphatic heterocycles. The van der Waals surface area contributed by atoms with E-state index >= 15 is 0 Å². The summed E-state index contributed by atoms with van der Waals surface area (Å²) < 4.78 is 11.2. The van der Waals surface area contributed by atoms with Crippen molar-refractivity contribution in [3.63, 3.8) is 0 Å². The lowest BCUT2D eigenvalue weighted by Crippen LogP contribution is -1.93.